The molecule has 12 heteroatoms. The van der Waals surface area contributed by atoms with Crippen molar-refractivity contribution in [3.8, 4) is 17.1 Å². The van der Waals surface area contributed by atoms with E-state index >= 15 is 0 Å². The first-order chi connectivity index (χ1) is 23.3. The molecule has 0 amide bonds. The van der Waals surface area contributed by atoms with Gasteiger partial charge in [-0.25, -0.2) is 4.79 Å². The van der Waals surface area contributed by atoms with Gasteiger partial charge in [0.05, 0.1) is 12.5 Å². The molecule has 8 atom stereocenters. The van der Waals surface area contributed by atoms with E-state index in [-0.39, 0.29) is 42.5 Å². The Bertz CT molecular complexity index is 1620. The number of rotatable bonds is 8. The quantitative estimate of drug-likeness (QED) is 0.306. The summed E-state index contributed by atoms with van der Waals surface area (Å²) in [7, 11) is 0. The molecule has 2 aromatic rings. The first kappa shape index (κ1) is 35.1. The van der Waals surface area contributed by atoms with Crippen LogP contribution < -0.4 is 10.4 Å². The monoisotopic (exact) mass is 680 g/mol. The molecule has 1 saturated heterocycles. The van der Waals surface area contributed by atoms with Gasteiger partial charge in [-0.05, 0) is 75.6 Å². The molecule has 2 saturated carbocycles. The van der Waals surface area contributed by atoms with Gasteiger partial charge in [-0.15, -0.1) is 0 Å². The second kappa shape index (κ2) is 13.5. The molecule has 3 fully saturated rings. The van der Waals surface area contributed by atoms with Crippen LogP contribution in [-0.4, -0.2) is 76.9 Å². The molecule has 0 aromatic carbocycles. The third-order valence-corrected chi connectivity index (χ3v) is 11.8. The number of hydrogen-bond acceptors (Lipinski definition) is 12. The van der Waals surface area contributed by atoms with Gasteiger partial charge in [0.15, 0.2) is 0 Å². The summed E-state index contributed by atoms with van der Waals surface area (Å²) in [6.07, 6.45) is 5.13. The molecule has 0 bridgehead atoms. The van der Waals surface area contributed by atoms with E-state index in [0.29, 0.717) is 24.9 Å². The van der Waals surface area contributed by atoms with Crippen LogP contribution in [-0.2, 0) is 28.6 Å². The minimum absolute atomic E-state index is 0.00374. The summed E-state index contributed by atoms with van der Waals surface area (Å²) < 4.78 is 30.4. The Morgan fingerprint density at radius 1 is 1.06 bits per heavy atom. The maximum Gasteiger partial charge on any atom is 0.345 e. The number of pyridine rings is 1. The second-order valence-corrected chi connectivity index (χ2v) is 15.0. The number of hydrogen-bond donors (Lipinski definition) is 1. The third-order valence-electron chi connectivity index (χ3n) is 11.8. The van der Waals surface area contributed by atoms with Crippen molar-refractivity contribution in [1.82, 2.24) is 9.88 Å². The molecule has 4 heterocycles. The molecule has 2 aromatic heterocycles. The van der Waals surface area contributed by atoms with Gasteiger partial charge in [0.25, 0.3) is 0 Å². The first-order valence-electron chi connectivity index (χ1n) is 17.4. The average molecular weight is 681 g/mol. The number of carbonyl (C=O) groups excluding carboxylic acids is 3. The number of ether oxygens (including phenoxy) is 4. The lowest BCUT2D eigenvalue weighted by Crippen LogP contribution is -2.71. The largest absolute Gasteiger partial charge is 0.482 e. The zero-order valence-corrected chi connectivity index (χ0v) is 29.1. The van der Waals surface area contributed by atoms with Crippen LogP contribution in [0.25, 0.3) is 11.3 Å². The van der Waals surface area contributed by atoms with Crippen molar-refractivity contribution in [3.05, 3.63) is 46.6 Å². The fourth-order valence-electron chi connectivity index (χ4n) is 9.49. The van der Waals surface area contributed by atoms with Crippen molar-refractivity contribution >= 4 is 17.9 Å². The SMILES string of the molecule is CC(=O)OCC1(C)C2C[C@H](OC(=O)CCN3CCCCC3)[C@@]3(C)Oc4cc(-c5cccnc5)oc(=O)c4[C@H](O)C3[C@@]2(C)CC[C@@H]1OC(C)=O. The second-order valence-electron chi connectivity index (χ2n) is 15.0. The van der Waals surface area contributed by atoms with Gasteiger partial charge in [0, 0.05) is 55.7 Å². The van der Waals surface area contributed by atoms with Crippen molar-refractivity contribution in [2.24, 2.45) is 22.7 Å². The van der Waals surface area contributed by atoms with Crippen LogP contribution in [0.1, 0.15) is 91.2 Å². The summed E-state index contributed by atoms with van der Waals surface area (Å²) >= 11 is 0. The third kappa shape index (κ3) is 6.49. The number of nitrogens with zero attached hydrogens (tertiary/aromatic N) is 2. The molecule has 4 aliphatic rings. The van der Waals surface area contributed by atoms with Gasteiger partial charge < -0.3 is 33.4 Å². The van der Waals surface area contributed by atoms with Crippen LogP contribution in [0.15, 0.2) is 39.8 Å². The number of carbonyl (C=O) groups is 3. The molecule has 0 radical (unpaired) electrons. The first-order valence-corrected chi connectivity index (χ1v) is 17.4. The molecular formula is C37H48N2O10. The van der Waals surface area contributed by atoms with Gasteiger partial charge >= 0.3 is 23.5 Å². The van der Waals surface area contributed by atoms with Crippen LogP contribution in [0.5, 0.6) is 5.75 Å². The van der Waals surface area contributed by atoms with Crippen LogP contribution in [0.2, 0.25) is 0 Å². The van der Waals surface area contributed by atoms with Gasteiger partial charge in [-0.3, -0.25) is 19.4 Å². The highest BCUT2D eigenvalue weighted by Gasteiger charge is 2.71. The Morgan fingerprint density at radius 3 is 2.49 bits per heavy atom. The molecule has 0 spiro atoms. The predicted molar refractivity (Wildman–Crippen MR) is 176 cm³/mol. The average Bonchev–Trinajstić information content (AvgIpc) is 3.05. The summed E-state index contributed by atoms with van der Waals surface area (Å²) in [6.45, 7) is 10.9. The number of aromatic nitrogens is 1. The van der Waals surface area contributed by atoms with E-state index in [0.717, 1.165) is 25.9 Å². The minimum atomic E-state index is -1.35. The fraction of sp³-hybridized carbons (Fsp3) is 0.649. The lowest BCUT2D eigenvalue weighted by molar-refractivity contribution is -0.271. The lowest BCUT2D eigenvalue weighted by Gasteiger charge is -2.66. The molecule has 3 unspecified atom stereocenters. The van der Waals surface area contributed by atoms with Crippen molar-refractivity contribution in [2.75, 3.05) is 26.2 Å². The number of aliphatic hydroxyl groups excluding tert-OH is 1. The molecule has 1 N–H and O–H groups in total. The highest BCUT2D eigenvalue weighted by atomic mass is 16.6. The van der Waals surface area contributed by atoms with Crippen molar-refractivity contribution in [2.45, 2.75) is 103 Å². The Balaban J connectivity index is 1.43. The Labute approximate surface area is 286 Å². The van der Waals surface area contributed by atoms with Crippen molar-refractivity contribution in [3.63, 3.8) is 0 Å². The maximum atomic E-state index is 13.7. The van der Waals surface area contributed by atoms with E-state index in [9.17, 15) is 24.3 Å². The van der Waals surface area contributed by atoms with Gasteiger partial charge in [0.2, 0.25) is 0 Å². The summed E-state index contributed by atoms with van der Waals surface area (Å²) in [6, 6.07) is 5.07. The van der Waals surface area contributed by atoms with Crippen LogP contribution in [0.3, 0.4) is 0 Å². The number of fused-ring (bicyclic) bond motifs is 4. The Kier molecular flexibility index (Phi) is 9.67. The van der Waals surface area contributed by atoms with E-state index in [2.05, 4.69) is 9.88 Å². The normalized spacial score (nSPS) is 34.0. The molecule has 2 aliphatic heterocycles. The van der Waals surface area contributed by atoms with E-state index in [1.807, 2.05) is 20.8 Å². The minimum Gasteiger partial charge on any atom is -0.482 e. The zero-order valence-electron chi connectivity index (χ0n) is 29.1. The zero-order chi connectivity index (χ0) is 35.1. The lowest BCUT2D eigenvalue weighted by atomic mass is 9.42. The van der Waals surface area contributed by atoms with Crippen molar-refractivity contribution in [1.29, 1.82) is 0 Å². The van der Waals surface area contributed by atoms with E-state index in [1.54, 1.807) is 30.6 Å². The standard InChI is InChI=1S/C37H48N2O10/c1-22(40)45-21-36(4)27-19-29(48-30(42)12-17-39-15-7-6-8-16-39)37(5)33(35(27,3)13-11-28(36)46-23(2)41)32(43)31-26(49-37)18-25(47-34(31)44)24-10-9-14-38-20-24/h9-10,14,18,20,27-29,32-33,43H,6-8,11-13,15-17,19,21H2,1-5H3/t27?,28-,29-,32-,33?,35-,36?,37+/m0/s1. The Hall–Kier alpha value is -3.77. The van der Waals surface area contributed by atoms with Crippen LogP contribution in [0, 0.1) is 22.7 Å². The van der Waals surface area contributed by atoms with E-state index < -0.39 is 64.1 Å². The molecule has 2 aliphatic carbocycles. The van der Waals surface area contributed by atoms with E-state index in [4.69, 9.17) is 23.4 Å². The molecule has 266 valence electrons. The van der Waals surface area contributed by atoms with Gasteiger partial charge in [-0.2, -0.15) is 0 Å². The van der Waals surface area contributed by atoms with Crippen LogP contribution in [0.4, 0.5) is 0 Å². The number of piperidine rings is 1. The highest BCUT2D eigenvalue weighted by molar-refractivity contribution is 5.70. The number of aliphatic hydroxyl groups is 1. The molecule has 6 rings (SSSR count). The summed E-state index contributed by atoms with van der Waals surface area (Å²) in [5.41, 5.74) is -3.11. The van der Waals surface area contributed by atoms with Crippen molar-refractivity contribution < 1.29 is 42.9 Å². The highest BCUT2D eigenvalue weighted by Crippen LogP contribution is 2.67. The number of esters is 3. The predicted octanol–water partition coefficient (Wildman–Crippen LogP) is 4.61. The van der Waals surface area contributed by atoms with Gasteiger partial charge in [-0.1, -0.05) is 20.3 Å². The molecular weight excluding hydrogens is 632 g/mol. The fourth-order valence-corrected chi connectivity index (χ4v) is 9.49. The topological polar surface area (TPSA) is 155 Å². The maximum absolute atomic E-state index is 13.7. The summed E-state index contributed by atoms with van der Waals surface area (Å²) in [5, 5.41) is 12.3. The summed E-state index contributed by atoms with van der Waals surface area (Å²) in [5.74, 6) is -2.08. The smallest absolute Gasteiger partial charge is 0.345 e. The van der Waals surface area contributed by atoms with Gasteiger partial charge in [0.1, 0.15) is 41.5 Å². The molecule has 12 nitrogen and oxygen atoms in total. The number of likely N-dealkylation sites (tertiary alicyclic amines) is 1. The van der Waals surface area contributed by atoms with Crippen LogP contribution >= 0.6 is 0 Å². The summed E-state index contributed by atoms with van der Waals surface area (Å²) in [4.78, 5) is 58.1. The molecule has 49 heavy (non-hydrogen) atoms. The Morgan fingerprint density at radius 2 is 1.82 bits per heavy atom. The van der Waals surface area contributed by atoms with E-state index in [1.165, 1.54) is 20.3 Å².